The zero-order valence-corrected chi connectivity index (χ0v) is 17.2. The number of sulfonamides is 1. The Morgan fingerprint density at radius 2 is 1.66 bits per heavy atom. The molecule has 0 spiro atoms. The summed E-state index contributed by atoms with van der Waals surface area (Å²) in [6, 6.07) is 18.7. The molecule has 6 nitrogen and oxygen atoms in total. The molecule has 1 amide bonds. The Kier molecular flexibility index (Phi) is 6.29. The first-order chi connectivity index (χ1) is 13.9. The molecule has 0 radical (unpaired) electrons. The standard InChI is InChI=1S/C22H23N3O3S/c1-3-25(17-18-12-14-23-15-13-18)22(26)19-8-7-11-21(16-19)29(27,28)24(2)20-9-5-4-6-10-20/h4-16H,3,17H2,1-2H3. The van der Waals surface area contributed by atoms with Crippen molar-refractivity contribution in [3.05, 3.63) is 90.3 Å². The Morgan fingerprint density at radius 1 is 0.966 bits per heavy atom. The summed E-state index contributed by atoms with van der Waals surface area (Å²) in [6.07, 6.45) is 3.36. The minimum absolute atomic E-state index is 0.0784. The van der Waals surface area contributed by atoms with Crippen molar-refractivity contribution >= 4 is 21.6 Å². The number of carbonyl (C=O) groups is 1. The van der Waals surface area contributed by atoms with Crippen molar-refractivity contribution in [2.24, 2.45) is 0 Å². The number of nitrogens with zero attached hydrogens (tertiary/aromatic N) is 3. The van der Waals surface area contributed by atoms with Gasteiger partial charge in [0.15, 0.2) is 0 Å². The molecule has 0 aliphatic carbocycles. The van der Waals surface area contributed by atoms with Gasteiger partial charge in [0.2, 0.25) is 0 Å². The molecule has 0 bridgehead atoms. The molecule has 3 rings (SSSR count). The largest absolute Gasteiger partial charge is 0.335 e. The molecular weight excluding hydrogens is 386 g/mol. The van der Waals surface area contributed by atoms with Crippen LogP contribution in [0.2, 0.25) is 0 Å². The maximum absolute atomic E-state index is 13.0. The van der Waals surface area contributed by atoms with Crippen LogP contribution in [0.4, 0.5) is 5.69 Å². The molecule has 0 saturated carbocycles. The average Bonchev–Trinajstić information content (AvgIpc) is 2.77. The van der Waals surface area contributed by atoms with Gasteiger partial charge >= 0.3 is 0 Å². The Morgan fingerprint density at radius 3 is 2.31 bits per heavy atom. The first-order valence-electron chi connectivity index (χ1n) is 9.25. The van der Waals surface area contributed by atoms with Crippen LogP contribution >= 0.6 is 0 Å². The van der Waals surface area contributed by atoms with Gasteiger partial charge in [-0.1, -0.05) is 24.3 Å². The number of amides is 1. The Hall–Kier alpha value is -3.19. The van der Waals surface area contributed by atoms with Crippen molar-refractivity contribution in [1.29, 1.82) is 0 Å². The summed E-state index contributed by atoms with van der Waals surface area (Å²) in [4.78, 5) is 18.7. The van der Waals surface area contributed by atoms with E-state index in [-0.39, 0.29) is 10.8 Å². The van der Waals surface area contributed by atoms with E-state index in [0.29, 0.717) is 24.3 Å². The van der Waals surface area contributed by atoms with Crippen LogP contribution in [0.5, 0.6) is 0 Å². The summed E-state index contributed by atoms with van der Waals surface area (Å²) in [6.45, 7) is 2.82. The van der Waals surface area contributed by atoms with E-state index in [2.05, 4.69) is 4.98 Å². The van der Waals surface area contributed by atoms with E-state index < -0.39 is 10.0 Å². The van der Waals surface area contributed by atoms with Gasteiger partial charge in [0, 0.05) is 38.1 Å². The molecule has 3 aromatic rings. The van der Waals surface area contributed by atoms with Gasteiger partial charge in [-0.25, -0.2) is 8.42 Å². The van der Waals surface area contributed by atoms with Crippen LogP contribution in [0.3, 0.4) is 0 Å². The number of benzene rings is 2. The van der Waals surface area contributed by atoms with Gasteiger partial charge in [-0.15, -0.1) is 0 Å². The third-order valence-corrected chi connectivity index (χ3v) is 6.43. The minimum Gasteiger partial charge on any atom is -0.335 e. The van der Waals surface area contributed by atoms with Crippen molar-refractivity contribution in [1.82, 2.24) is 9.88 Å². The van der Waals surface area contributed by atoms with Crippen LogP contribution in [0.15, 0.2) is 84.0 Å². The van der Waals surface area contributed by atoms with Gasteiger partial charge < -0.3 is 4.90 Å². The van der Waals surface area contributed by atoms with Crippen LogP contribution in [0, 0.1) is 0 Å². The maximum atomic E-state index is 13.0. The summed E-state index contributed by atoms with van der Waals surface area (Å²) in [5.74, 6) is -0.219. The van der Waals surface area contributed by atoms with Gasteiger partial charge in [0.05, 0.1) is 10.6 Å². The summed E-state index contributed by atoms with van der Waals surface area (Å²) in [5.41, 5.74) is 1.85. The first-order valence-corrected chi connectivity index (χ1v) is 10.7. The number of hydrogen-bond donors (Lipinski definition) is 0. The Labute approximate surface area is 171 Å². The van der Waals surface area contributed by atoms with Crippen molar-refractivity contribution in [3.8, 4) is 0 Å². The fourth-order valence-electron chi connectivity index (χ4n) is 2.94. The van der Waals surface area contributed by atoms with Gasteiger partial charge in [0.1, 0.15) is 0 Å². The highest BCUT2D eigenvalue weighted by atomic mass is 32.2. The molecule has 0 fully saturated rings. The fraction of sp³-hybridized carbons (Fsp3) is 0.182. The minimum atomic E-state index is -3.79. The predicted octanol–water partition coefficient (Wildman–Crippen LogP) is 3.57. The highest BCUT2D eigenvalue weighted by Gasteiger charge is 2.23. The maximum Gasteiger partial charge on any atom is 0.264 e. The first kappa shape index (κ1) is 20.5. The highest BCUT2D eigenvalue weighted by Crippen LogP contribution is 2.23. The lowest BCUT2D eigenvalue weighted by atomic mass is 10.1. The number of para-hydroxylation sites is 1. The summed E-state index contributed by atoms with van der Waals surface area (Å²) >= 11 is 0. The van der Waals surface area contributed by atoms with E-state index in [9.17, 15) is 13.2 Å². The molecule has 0 atom stereocenters. The van der Waals surface area contributed by atoms with Crippen molar-refractivity contribution < 1.29 is 13.2 Å². The zero-order chi connectivity index (χ0) is 20.9. The number of anilines is 1. The second-order valence-corrected chi connectivity index (χ2v) is 8.48. The predicted molar refractivity (Wildman–Crippen MR) is 113 cm³/mol. The molecule has 1 heterocycles. The molecule has 0 unspecified atom stereocenters. The molecule has 0 aliphatic heterocycles. The van der Waals surface area contributed by atoms with Crippen molar-refractivity contribution in [2.45, 2.75) is 18.4 Å². The average molecular weight is 410 g/mol. The second kappa shape index (κ2) is 8.87. The topological polar surface area (TPSA) is 70.6 Å². The lowest BCUT2D eigenvalue weighted by Gasteiger charge is -2.22. The molecule has 0 aliphatic rings. The third-order valence-electron chi connectivity index (χ3n) is 4.65. The summed E-state index contributed by atoms with van der Waals surface area (Å²) in [7, 11) is -2.28. The Bertz CT molecular complexity index is 1070. The van der Waals surface area contributed by atoms with Crippen LogP contribution in [0.25, 0.3) is 0 Å². The smallest absolute Gasteiger partial charge is 0.264 e. The Balaban J connectivity index is 1.87. The van der Waals surface area contributed by atoms with E-state index in [1.807, 2.05) is 25.1 Å². The molecular formula is C22H23N3O3S. The van der Waals surface area contributed by atoms with E-state index >= 15 is 0 Å². The van der Waals surface area contributed by atoms with Crippen LogP contribution in [-0.4, -0.2) is 37.8 Å². The van der Waals surface area contributed by atoms with Gasteiger partial charge in [-0.05, 0) is 55.0 Å². The zero-order valence-electron chi connectivity index (χ0n) is 16.4. The monoisotopic (exact) mass is 409 g/mol. The molecule has 2 aromatic carbocycles. The van der Waals surface area contributed by atoms with E-state index in [1.54, 1.807) is 53.7 Å². The number of pyridine rings is 1. The quantitative estimate of drug-likeness (QED) is 0.598. The van der Waals surface area contributed by atoms with Crippen molar-refractivity contribution in [3.63, 3.8) is 0 Å². The van der Waals surface area contributed by atoms with E-state index in [1.165, 1.54) is 23.5 Å². The van der Waals surface area contributed by atoms with Crippen LogP contribution in [-0.2, 0) is 16.6 Å². The molecule has 7 heteroatoms. The molecule has 0 N–H and O–H groups in total. The second-order valence-electron chi connectivity index (χ2n) is 6.51. The summed E-state index contributed by atoms with van der Waals surface area (Å²) in [5, 5.41) is 0. The molecule has 0 saturated heterocycles. The van der Waals surface area contributed by atoms with Crippen LogP contribution < -0.4 is 4.31 Å². The number of hydrogen-bond acceptors (Lipinski definition) is 4. The summed E-state index contributed by atoms with van der Waals surface area (Å²) < 4.78 is 27.3. The number of rotatable bonds is 7. The van der Waals surface area contributed by atoms with Gasteiger partial charge in [0.25, 0.3) is 15.9 Å². The van der Waals surface area contributed by atoms with Gasteiger partial charge in [-0.3, -0.25) is 14.1 Å². The lowest BCUT2D eigenvalue weighted by molar-refractivity contribution is 0.0752. The number of carbonyl (C=O) groups excluding carboxylic acids is 1. The fourth-order valence-corrected chi connectivity index (χ4v) is 4.18. The highest BCUT2D eigenvalue weighted by molar-refractivity contribution is 7.92. The van der Waals surface area contributed by atoms with Gasteiger partial charge in [-0.2, -0.15) is 0 Å². The van der Waals surface area contributed by atoms with E-state index in [0.717, 1.165) is 5.56 Å². The lowest BCUT2D eigenvalue weighted by Crippen LogP contribution is -2.31. The van der Waals surface area contributed by atoms with E-state index in [4.69, 9.17) is 0 Å². The molecule has 1 aromatic heterocycles. The van der Waals surface area contributed by atoms with Crippen molar-refractivity contribution in [2.75, 3.05) is 17.9 Å². The number of aromatic nitrogens is 1. The van der Waals surface area contributed by atoms with Crippen LogP contribution in [0.1, 0.15) is 22.8 Å². The normalized spacial score (nSPS) is 11.1. The molecule has 150 valence electrons. The third kappa shape index (κ3) is 4.63. The SMILES string of the molecule is CCN(Cc1ccncc1)C(=O)c1cccc(S(=O)(=O)N(C)c2ccccc2)c1. The molecule has 29 heavy (non-hydrogen) atoms.